The minimum Gasteiger partial charge on any atom is -0.313 e. The largest absolute Gasteiger partial charge is 0.313 e. The van der Waals surface area contributed by atoms with Gasteiger partial charge in [0.25, 0.3) is 0 Å². The highest BCUT2D eigenvalue weighted by atomic mass is 79.9. The summed E-state index contributed by atoms with van der Waals surface area (Å²) in [5.41, 5.74) is 1.75. The predicted octanol–water partition coefficient (Wildman–Crippen LogP) is 3.05. The Morgan fingerprint density at radius 3 is 2.82 bits per heavy atom. The minimum absolute atomic E-state index is 0.0590. The van der Waals surface area contributed by atoms with Crippen LogP contribution in [0.3, 0.4) is 0 Å². The molecule has 2 rings (SSSR count). The zero-order chi connectivity index (χ0) is 12.4. The Kier molecular flexibility index (Phi) is 3.59. The van der Waals surface area contributed by atoms with Crippen molar-refractivity contribution in [2.24, 2.45) is 0 Å². The van der Waals surface area contributed by atoms with Gasteiger partial charge in [0.1, 0.15) is 5.82 Å². The van der Waals surface area contributed by atoms with Gasteiger partial charge in [-0.1, -0.05) is 0 Å². The molecule has 1 heterocycles. The Morgan fingerprint density at radius 1 is 1.47 bits per heavy atom. The molecule has 2 aromatic rings. The van der Waals surface area contributed by atoms with E-state index in [4.69, 9.17) is 0 Å². The fourth-order valence-corrected chi connectivity index (χ4v) is 1.95. The van der Waals surface area contributed by atoms with Gasteiger partial charge < -0.3 is 5.32 Å². The molecule has 0 bridgehead atoms. The van der Waals surface area contributed by atoms with Crippen LogP contribution in [-0.4, -0.2) is 16.8 Å². The van der Waals surface area contributed by atoms with Crippen LogP contribution in [-0.2, 0) is 0 Å². The molecule has 1 atom stereocenters. The summed E-state index contributed by atoms with van der Waals surface area (Å²) in [6, 6.07) is 4.77. The Morgan fingerprint density at radius 2 is 2.24 bits per heavy atom. The highest BCUT2D eigenvalue weighted by Gasteiger charge is 2.12. The zero-order valence-corrected chi connectivity index (χ0v) is 11.2. The smallest absolute Gasteiger partial charge is 0.123 e. The molecule has 0 saturated heterocycles. The molecule has 0 aliphatic carbocycles. The molecule has 1 aromatic heterocycles. The summed E-state index contributed by atoms with van der Waals surface area (Å²) in [6.45, 7) is 1.98. The van der Waals surface area contributed by atoms with E-state index in [1.807, 2.05) is 20.2 Å². The van der Waals surface area contributed by atoms with Gasteiger partial charge in [-0.15, -0.1) is 0 Å². The summed E-state index contributed by atoms with van der Waals surface area (Å²) >= 11 is 3.35. The van der Waals surface area contributed by atoms with Crippen molar-refractivity contribution in [3.05, 3.63) is 46.4 Å². The number of hydrogen-bond donors (Lipinski definition) is 1. The summed E-state index contributed by atoms with van der Waals surface area (Å²) in [7, 11) is 1.85. The maximum Gasteiger partial charge on any atom is 0.123 e. The normalized spacial score (nSPS) is 12.7. The van der Waals surface area contributed by atoms with Crippen LogP contribution in [0.1, 0.15) is 18.5 Å². The van der Waals surface area contributed by atoms with Gasteiger partial charge in [0, 0.05) is 12.2 Å². The average Bonchev–Trinajstić information content (AvgIpc) is 2.74. The quantitative estimate of drug-likeness (QED) is 0.944. The van der Waals surface area contributed by atoms with Gasteiger partial charge in [0.2, 0.25) is 0 Å². The first-order valence-electron chi connectivity index (χ1n) is 5.29. The molecule has 17 heavy (non-hydrogen) atoms. The summed E-state index contributed by atoms with van der Waals surface area (Å²) in [4.78, 5) is 0. The minimum atomic E-state index is -0.239. The van der Waals surface area contributed by atoms with Crippen molar-refractivity contribution < 1.29 is 4.39 Å². The molecule has 5 heteroatoms. The SMILES string of the molecule is CNC(C)c1cc(F)ccc1-n1cc(Br)cn1. The molecular formula is C12H13BrFN3. The van der Waals surface area contributed by atoms with Crippen molar-refractivity contribution in [2.75, 3.05) is 7.05 Å². The van der Waals surface area contributed by atoms with Crippen LogP contribution in [0.15, 0.2) is 35.1 Å². The predicted molar refractivity (Wildman–Crippen MR) is 68.7 cm³/mol. The Bertz CT molecular complexity index is 524. The Balaban J connectivity index is 2.53. The van der Waals surface area contributed by atoms with Crippen LogP contribution in [0.2, 0.25) is 0 Å². The van der Waals surface area contributed by atoms with E-state index >= 15 is 0 Å². The average molecular weight is 298 g/mol. The molecule has 0 fully saturated rings. The lowest BCUT2D eigenvalue weighted by molar-refractivity contribution is 0.604. The van der Waals surface area contributed by atoms with E-state index in [-0.39, 0.29) is 11.9 Å². The molecule has 3 nitrogen and oxygen atoms in total. The third kappa shape index (κ3) is 2.56. The number of rotatable bonds is 3. The van der Waals surface area contributed by atoms with E-state index in [2.05, 4.69) is 26.3 Å². The fourth-order valence-electron chi connectivity index (χ4n) is 1.67. The number of nitrogens with zero attached hydrogens (tertiary/aromatic N) is 2. The molecule has 0 spiro atoms. The Labute approximate surface area is 108 Å². The maximum absolute atomic E-state index is 13.3. The molecule has 0 radical (unpaired) electrons. The molecule has 0 saturated carbocycles. The van der Waals surface area contributed by atoms with E-state index in [0.29, 0.717) is 0 Å². The highest BCUT2D eigenvalue weighted by Crippen LogP contribution is 2.23. The van der Waals surface area contributed by atoms with Gasteiger partial charge in [-0.2, -0.15) is 5.10 Å². The lowest BCUT2D eigenvalue weighted by atomic mass is 10.1. The third-order valence-electron chi connectivity index (χ3n) is 2.69. The molecule has 1 N–H and O–H groups in total. The second-order valence-corrected chi connectivity index (χ2v) is 4.73. The van der Waals surface area contributed by atoms with E-state index < -0.39 is 0 Å². The maximum atomic E-state index is 13.3. The molecule has 1 unspecified atom stereocenters. The number of hydrogen-bond acceptors (Lipinski definition) is 2. The number of aromatic nitrogens is 2. The molecule has 0 aliphatic heterocycles. The van der Waals surface area contributed by atoms with Crippen LogP contribution >= 0.6 is 15.9 Å². The summed E-state index contributed by atoms with van der Waals surface area (Å²) in [6.07, 6.45) is 3.55. The van der Waals surface area contributed by atoms with Crippen molar-refractivity contribution in [3.63, 3.8) is 0 Å². The molecule has 0 amide bonds. The van der Waals surface area contributed by atoms with Crippen molar-refractivity contribution in [2.45, 2.75) is 13.0 Å². The molecular weight excluding hydrogens is 285 g/mol. The first kappa shape index (κ1) is 12.3. The van der Waals surface area contributed by atoms with Gasteiger partial charge in [-0.25, -0.2) is 9.07 Å². The van der Waals surface area contributed by atoms with E-state index in [0.717, 1.165) is 15.7 Å². The van der Waals surface area contributed by atoms with Crippen LogP contribution in [0.25, 0.3) is 5.69 Å². The summed E-state index contributed by atoms with van der Waals surface area (Å²) < 4.78 is 15.9. The molecule has 1 aromatic carbocycles. The van der Waals surface area contributed by atoms with Gasteiger partial charge in [-0.3, -0.25) is 0 Å². The number of nitrogens with one attached hydrogen (secondary N) is 1. The van der Waals surface area contributed by atoms with Crippen LogP contribution in [0.5, 0.6) is 0 Å². The van der Waals surface area contributed by atoms with E-state index in [9.17, 15) is 4.39 Å². The first-order chi connectivity index (χ1) is 8.11. The summed E-state index contributed by atoms with van der Waals surface area (Å²) in [5.74, 6) is -0.239. The lowest BCUT2D eigenvalue weighted by Crippen LogP contribution is -2.15. The molecule has 0 aliphatic rings. The lowest BCUT2D eigenvalue weighted by Gasteiger charge is -2.15. The van der Waals surface area contributed by atoms with Gasteiger partial charge in [-0.05, 0) is 53.7 Å². The van der Waals surface area contributed by atoms with Crippen molar-refractivity contribution in [1.29, 1.82) is 0 Å². The van der Waals surface area contributed by atoms with Gasteiger partial charge in [0.05, 0.1) is 16.4 Å². The number of halogens is 2. The zero-order valence-electron chi connectivity index (χ0n) is 9.61. The highest BCUT2D eigenvalue weighted by molar-refractivity contribution is 9.10. The third-order valence-corrected chi connectivity index (χ3v) is 3.10. The van der Waals surface area contributed by atoms with Crippen molar-refractivity contribution in [3.8, 4) is 5.69 Å². The second-order valence-electron chi connectivity index (χ2n) is 3.82. The van der Waals surface area contributed by atoms with Crippen LogP contribution < -0.4 is 5.32 Å². The van der Waals surface area contributed by atoms with Crippen LogP contribution in [0.4, 0.5) is 4.39 Å². The Hall–Kier alpha value is -1.20. The van der Waals surface area contributed by atoms with Crippen molar-refractivity contribution in [1.82, 2.24) is 15.1 Å². The summed E-state index contributed by atoms with van der Waals surface area (Å²) in [5, 5.41) is 7.32. The topological polar surface area (TPSA) is 29.9 Å². The molecule has 90 valence electrons. The second kappa shape index (κ2) is 4.98. The van der Waals surface area contributed by atoms with Gasteiger partial charge >= 0.3 is 0 Å². The van der Waals surface area contributed by atoms with Crippen molar-refractivity contribution >= 4 is 15.9 Å². The van der Waals surface area contributed by atoms with E-state index in [1.165, 1.54) is 12.1 Å². The van der Waals surface area contributed by atoms with E-state index in [1.54, 1.807) is 16.9 Å². The van der Waals surface area contributed by atoms with Crippen LogP contribution in [0, 0.1) is 5.82 Å². The standard InChI is InChI=1S/C12H13BrFN3/c1-8(15-2)11-5-10(14)3-4-12(11)17-7-9(13)6-16-17/h3-8,15H,1-2H3. The fraction of sp³-hybridized carbons (Fsp3) is 0.250. The van der Waals surface area contributed by atoms with Gasteiger partial charge in [0.15, 0.2) is 0 Å². The first-order valence-corrected chi connectivity index (χ1v) is 6.08. The monoisotopic (exact) mass is 297 g/mol. The number of benzene rings is 1.